The van der Waals surface area contributed by atoms with E-state index in [2.05, 4.69) is 82.9 Å². The zero-order valence-corrected chi connectivity index (χ0v) is 21.7. The maximum Gasteiger partial charge on any atom is 0.191 e. The molecule has 8 heteroatoms. The van der Waals surface area contributed by atoms with Crippen molar-refractivity contribution >= 4 is 47.1 Å². The Balaban J connectivity index is 0.00000320. The highest BCUT2D eigenvalue weighted by Gasteiger charge is 2.23. The summed E-state index contributed by atoms with van der Waals surface area (Å²) < 4.78 is 5.81. The average molecular weight is 544 g/mol. The Hall–Kier alpha value is -1.39. The number of hydrogen-bond donors (Lipinski definition) is 2. The Morgan fingerprint density at radius 1 is 1.23 bits per heavy atom. The summed E-state index contributed by atoms with van der Waals surface area (Å²) in [4.78, 5) is 12.7. The smallest absolute Gasteiger partial charge is 0.191 e. The Morgan fingerprint density at radius 2 is 1.97 bits per heavy atom. The number of rotatable bonds is 6. The largest absolute Gasteiger partial charge is 0.372 e. The van der Waals surface area contributed by atoms with Crippen molar-refractivity contribution in [3.63, 3.8) is 0 Å². The zero-order chi connectivity index (χ0) is 20.9. The van der Waals surface area contributed by atoms with E-state index in [1.54, 1.807) is 18.4 Å². The van der Waals surface area contributed by atoms with Gasteiger partial charge in [-0.2, -0.15) is 0 Å². The summed E-state index contributed by atoms with van der Waals surface area (Å²) >= 11 is 1.79. The van der Waals surface area contributed by atoms with E-state index in [1.165, 1.54) is 4.88 Å². The minimum Gasteiger partial charge on any atom is -0.372 e. The molecule has 1 aliphatic heterocycles. The summed E-state index contributed by atoms with van der Waals surface area (Å²) in [5.41, 5.74) is 1.19. The van der Waals surface area contributed by atoms with E-state index < -0.39 is 0 Å². The van der Waals surface area contributed by atoms with Crippen LogP contribution in [-0.4, -0.2) is 49.8 Å². The van der Waals surface area contributed by atoms with E-state index >= 15 is 0 Å². The van der Waals surface area contributed by atoms with E-state index in [0.717, 1.165) is 37.0 Å². The second kappa shape index (κ2) is 11.3. The molecule has 2 aromatic heterocycles. The fourth-order valence-electron chi connectivity index (χ4n) is 3.54. The van der Waals surface area contributed by atoms with Crippen molar-refractivity contribution in [1.29, 1.82) is 0 Å². The number of aliphatic imine (C=N–C) groups is 1. The lowest BCUT2D eigenvalue weighted by Gasteiger charge is -2.36. The van der Waals surface area contributed by atoms with Gasteiger partial charge < -0.3 is 20.3 Å². The topological polar surface area (TPSA) is 61.8 Å². The Morgan fingerprint density at radius 3 is 2.53 bits per heavy atom. The number of hydrogen-bond acceptors (Lipinski definition) is 5. The maximum atomic E-state index is 5.81. The number of pyridine rings is 1. The van der Waals surface area contributed by atoms with E-state index in [-0.39, 0.29) is 41.6 Å². The van der Waals surface area contributed by atoms with Gasteiger partial charge in [0.1, 0.15) is 5.82 Å². The van der Waals surface area contributed by atoms with E-state index in [9.17, 15) is 0 Å². The Bertz CT molecular complexity index is 784. The molecule has 3 rings (SSSR count). The first-order valence-corrected chi connectivity index (χ1v) is 11.1. The zero-order valence-electron chi connectivity index (χ0n) is 18.5. The number of thiophene rings is 1. The van der Waals surface area contributed by atoms with Gasteiger partial charge >= 0.3 is 0 Å². The fraction of sp³-hybridized carbons (Fsp3) is 0.545. The molecule has 30 heavy (non-hydrogen) atoms. The van der Waals surface area contributed by atoms with Crippen LogP contribution in [0.15, 0.2) is 40.8 Å². The summed E-state index contributed by atoms with van der Waals surface area (Å²) in [5, 5.41) is 8.95. The molecule has 2 aromatic rings. The minimum absolute atomic E-state index is 0. The van der Waals surface area contributed by atoms with Gasteiger partial charge in [-0.25, -0.2) is 4.98 Å². The van der Waals surface area contributed by atoms with Crippen molar-refractivity contribution in [2.45, 2.75) is 51.9 Å². The van der Waals surface area contributed by atoms with Crippen LogP contribution in [0.1, 0.15) is 38.1 Å². The first kappa shape index (κ1) is 24.9. The standard InChI is InChI=1S/C22H33N5OS.HI/c1-16-13-27(14-17(2)28-16)20-9-8-18(11-24-20)12-25-21(23-5)26-15-22(3,4)19-7-6-10-29-19;/h6-11,16-17H,12-15H2,1-5H3,(H2,23,25,26);1H. The highest BCUT2D eigenvalue weighted by molar-refractivity contribution is 14.0. The number of halogens is 1. The van der Waals surface area contributed by atoms with Gasteiger partial charge in [-0.05, 0) is 36.9 Å². The van der Waals surface area contributed by atoms with E-state index in [1.807, 2.05) is 6.20 Å². The number of anilines is 1. The number of ether oxygens (including phenoxy) is 1. The van der Waals surface area contributed by atoms with Crippen LogP contribution in [-0.2, 0) is 16.7 Å². The van der Waals surface area contributed by atoms with Crippen molar-refractivity contribution < 1.29 is 4.74 Å². The summed E-state index contributed by atoms with van der Waals surface area (Å²) in [6.07, 6.45) is 2.40. The molecule has 0 aromatic carbocycles. The molecule has 0 bridgehead atoms. The molecule has 0 aliphatic carbocycles. The molecule has 2 unspecified atom stereocenters. The second-order valence-electron chi connectivity index (χ2n) is 8.33. The third-order valence-electron chi connectivity index (χ3n) is 5.12. The van der Waals surface area contributed by atoms with Crippen LogP contribution in [0.3, 0.4) is 0 Å². The van der Waals surface area contributed by atoms with E-state index in [4.69, 9.17) is 4.74 Å². The number of morpholine rings is 1. The lowest BCUT2D eigenvalue weighted by molar-refractivity contribution is -0.00545. The first-order valence-electron chi connectivity index (χ1n) is 10.2. The highest BCUT2D eigenvalue weighted by Crippen LogP contribution is 2.26. The Labute approximate surface area is 201 Å². The third-order valence-corrected chi connectivity index (χ3v) is 6.36. The van der Waals surface area contributed by atoms with Gasteiger partial charge in [0.15, 0.2) is 5.96 Å². The SMILES string of the molecule is CN=C(NCc1ccc(N2CC(C)OC(C)C2)nc1)NCC(C)(C)c1cccs1.I. The molecular weight excluding hydrogens is 509 g/mol. The predicted octanol–water partition coefficient (Wildman–Crippen LogP) is 4.02. The highest BCUT2D eigenvalue weighted by atomic mass is 127. The van der Waals surface area contributed by atoms with Crippen LogP contribution in [0.2, 0.25) is 0 Å². The summed E-state index contributed by atoms with van der Waals surface area (Å²) in [6, 6.07) is 8.51. The molecule has 0 saturated carbocycles. The van der Waals surface area contributed by atoms with Gasteiger partial charge in [0.2, 0.25) is 0 Å². The van der Waals surface area contributed by atoms with Crippen LogP contribution in [0.25, 0.3) is 0 Å². The second-order valence-corrected chi connectivity index (χ2v) is 9.28. The molecular formula is C22H34IN5OS. The van der Waals surface area contributed by atoms with Crippen molar-refractivity contribution in [3.05, 3.63) is 46.3 Å². The van der Waals surface area contributed by atoms with E-state index in [0.29, 0.717) is 6.54 Å². The summed E-state index contributed by atoms with van der Waals surface area (Å²) in [5.74, 6) is 1.81. The van der Waals surface area contributed by atoms with Crippen LogP contribution in [0, 0.1) is 0 Å². The predicted molar refractivity (Wildman–Crippen MR) is 137 cm³/mol. The van der Waals surface area contributed by atoms with Crippen LogP contribution < -0.4 is 15.5 Å². The molecule has 1 fully saturated rings. The number of guanidine groups is 1. The monoisotopic (exact) mass is 543 g/mol. The average Bonchev–Trinajstić information content (AvgIpc) is 3.24. The Kier molecular flexibility index (Phi) is 9.36. The number of nitrogens with one attached hydrogen (secondary N) is 2. The minimum atomic E-state index is 0. The summed E-state index contributed by atoms with van der Waals surface area (Å²) in [7, 11) is 1.80. The van der Waals surface area contributed by atoms with Gasteiger partial charge in [-0.3, -0.25) is 4.99 Å². The van der Waals surface area contributed by atoms with Crippen molar-refractivity contribution in [1.82, 2.24) is 15.6 Å². The van der Waals surface area contributed by atoms with Crippen molar-refractivity contribution in [2.24, 2.45) is 4.99 Å². The summed E-state index contributed by atoms with van der Waals surface area (Å²) in [6.45, 7) is 12.0. The molecule has 0 amide bonds. The lowest BCUT2D eigenvalue weighted by atomic mass is 9.91. The normalized spacial score (nSPS) is 19.9. The molecule has 2 N–H and O–H groups in total. The third kappa shape index (κ3) is 6.81. The van der Waals surface area contributed by atoms with Crippen molar-refractivity contribution in [2.75, 3.05) is 31.6 Å². The quantitative estimate of drug-likeness (QED) is 0.328. The van der Waals surface area contributed by atoms with Crippen molar-refractivity contribution in [3.8, 4) is 0 Å². The molecule has 1 saturated heterocycles. The maximum absolute atomic E-state index is 5.81. The van der Waals surface area contributed by atoms with Gasteiger partial charge in [0, 0.05) is 49.7 Å². The molecule has 6 nitrogen and oxygen atoms in total. The number of nitrogens with zero attached hydrogens (tertiary/aromatic N) is 3. The van der Waals surface area contributed by atoms with Crippen LogP contribution in [0.4, 0.5) is 5.82 Å². The number of aromatic nitrogens is 1. The van der Waals surface area contributed by atoms with Gasteiger partial charge in [-0.15, -0.1) is 35.3 Å². The molecule has 0 spiro atoms. The van der Waals surface area contributed by atoms with Gasteiger partial charge in [-0.1, -0.05) is 26.0 Å². The molecule has 3 heterocycles. The first-order chi connectivity index (χ1) is 13.9. The molecule has 166 valence electrons. The van der Waals surface area contributed by atoms with Crippen LogP contribution >= 0.6 is 35.3 Å². The molecule has 1 aliphatic rings. The molecule has 2 atom stereocenters. The molecule has 0 radical (unpaired) electrons. The lowest BCUT2D eigenvalue weighted by Crippen LogP contribution is -2.45. The van der Waals surface area contributed by atoms with Crippen LogP contribution in [0.5, 0.6) is 0 Å². The van der Waals surface area contributed by atoms with Gasteiger partial charge in [0.25, 0.3) is 0 Å². The fourth-order valence-corrected chi connectivity index (χ4v) is 4.39. The van der Waals surface area contributed by atoms with Gasteiger partial charge in [0.05, 0.1) is 12.2 Å².